The highest BCUT2D eigenvalue weighted by molar-refractivity contribution is 4.84. The molecule has 0 aromatic heterocycles. The van der Waals surface area contributed by atoms with Crippen LogP contribution in [0.4, 0.5) is 0 Å². The molecule has 0 spiro atoms. The maximum absolute atomic E-state index is 3.68. The van der Waals surface area contributed by atoms with Gasteiger partial charge in [0.1, 0.15) is 0 Å². The van der Waals surface area contributed by atoms with Crippen molar-refractivity contribution in [3.05, 3.63) is 0 Å². The van der Waals surface area contributed by atoms with Crippen molar-refractivity contribution in [1.82, 2.24) is 5.32 Å². The minimum atomic E-state index is 0.898. The van der Waals surface area contributed by atoms with Crippen LogP contribution >= 0.6 is 0 Å². The largest absolute Gasteiger partial charge is 0.314 e. The summed E-state index contributed by atoms with van der Waals surface area (Å²) in [7, 11) is 0. The summed E-state index contributed by atoms with van der Waals surface area (Å²) in [5.74, 6) is 1.04. The summed E-state index contributed by atoms with van der Waals surface area (Å²) >= 11 is 0. The number of fused-ring (bicyclic) bond motifs is 1. The van der Waals surface area contributed by atoms with Crippen molar-refractivity contribution < 1.29 is 0 Å². The van der Waals surface area contributed by atoms with Crippen LogP contribution in [-0.4, -0.2) is 12.6 Å². The average Bonchev–Trinajstić information content (AvgIpc) is 2.35. The van der Waals surface area contributed by atoms with Crippen molar-refractivity contribution in [2.75, 3.05) is 6.54 Å². The van der Waals surface area contributed by atoms with E-state index in [2.05, 4.69) is 5.32 Å². The molecule has 0 amide bonds. The number of hydrogen-bond acceptors (Lipinski definition) is 1. The van der Waals surface area contributed by atoms with Crippen LogP contribution in [0, 0.1) is 5.92 Å². The van der Waals surface area contributed by atoms with E-state index in [1.54, 1.807) is 0 Å². The third-order valence-corrected chi connectivity index (χ3v) is 3.32. The zero-order valence-electron chi connectivity index (χ0n) is 7.31. The second-order valence-corrected chi connectivity index (χ2v) is 4.10. The summed E-state index contributed by atoms with van der Waals surface area (Å²) in [6.45, 7) is 1.28. The first-order chi connectivity index (χ1) is 5.47. The fourth-order valence-electron chi connectivity index (χ4n) is 2.65. The average molecular weight is 153 g/mol. The SMILES string of the molecule is C1CCNC2CCCC2CC1. The summed E-state index contributed by atoms with van der Waals surface area (Å²) in [6, 6.07) is 0.898. The number of hydrogen-bond donors (Lipinski definition) is 1. The predicted octanol–water partition coefficient (Wildman–Crippen LogP) is 2.32. The summed E-state index contributed by atoms with van der Waals surface area (Å²) in [6.07, 6.45) is 10.3. The molecular formula is C10H19N. The Morgan fingerprint density at radius 2 is 1.73 bits per heavy atom. The maximum Gasteiger partial charge on any atom is 0.00953 e. The molecule has 64 valence electrons. The summed E-state index contributed by atoms with van der Waals surface area (Å²) < 4.78 is 0. The summed E-state index contributed by atoms with van der Waals surface area (Å²) in [5.41, 5.74) is 0. The third kappa shape index (κ3) is 1.76. The molecular weight excluding hydrogens is 134 g/mol. The third-order valence-electron chi connectivity index (χ3n) is 3.32. The van der Waals surface area contributed by atoms with Gasteiger partial charge in [0.25, 0.3) is 0 Å². The van der Waals surface area contributed by atoms with E-state index >= 15 is 0 Å². The minimum Gasteiger partial charge on any atom is -0.314 e. The Morgan fingerprint density at radius 1 is 0.818 bits per heavy atom. The molecule has 2 rings (SSSR count). The highest BCUT2D eigenvalue weighted by Gasteiger charge is 2.26. The van der Waals surface area contributed by atoms with Crippen molar-refractivity contribution in [2.24, 2.45) is 5.92 Å². The van der Waals surface area contributed by atoms with E-state index in [-0.39, 0.29) is 0 Å². The monoisotopic (exact) mass is 153 g/mol. The lowest BCUT2D eigenvalue weighted by atomic mass is 9.94. The predicted molar refractivity (Wildman–Crippen MR) is 47.6 cm³/mol. The molecule has 0 aromatic rings. The molecule has 1 heterocycles. The van der Waals surface area contributed by atoms with Crippen LogP contribution in [0.15, 0.2) is 0 Å². The lowest BCUT2D eigenvalue weighted by Gasteiger charge is -2.23. The van der Waals surface area contributed by atoms with E-state index in [1.807, 2.05) is 0 Å². The van der Waals surface area contributed by atoms with Crippen molar-refractivity contribution in [1.29, 1.82) is 0 Å². The smallest absolute Gasteiger partial charge is 0.00953 e. The Hall–Kier alpha value is -0.0400. The van der Waals surface area contributed by atoms with Crippen molar-refractivity contribution in [2.45, 2.75) is 51.0 Å². The first kappa shape index (κ1) is 7.60. The minimum absolute atomic E-state index is 0.898. The fourth-order valence-corrected chi connectivity index (χ4v) is 2.65. The fraction of sp³-hybridized carbons (Fsp3) is 1.00. The van der Waals surface area contributed by atoms with Crippen molar-refractivity contribution in [3.8, 4) is 0 Å². The van der Waals surface area contributed by atoms with Gasteiger partial charge in [-0.25, -0.2) is 0 Å². The summed E-state index contributed by atoms with van der Waals surface area (Å²) in [4.78, 5) is 0. The molecule has 0 aromatic carbocycles. The van der Waals surface area contributed by atoms with Crippen molar-refractivity contribution in [3.63, 3.8) is 0 Å². The van der Waals surface area contributed by atoms with Gasteiger partial charge in [0.2, 0.25) is 0 Å². The van der Waals surface area contributed by atoms with Gasteiger partial charge >= 0.3 is 0 Å². The second-order valence-electron chi connectivity index (χ2n) is 4.10. The first-order valence-corrected chi connectivity index (χ1v) is 5.20. The lowest BCUT2D eigenvalue weighted by Crippen LogP contribution is -2.34. The summed E-state index contributed by atoms with van der Waals surface area (Å²) in [5, 5.41) is 3.68. The molecule has 1 saturated carbocycles. The molecule has 0 bridgehead atoms. The maximum atomic E-state index is 3.68. The van der Waals surface area contributed by atoms with Crippen LogP contribution in [0.25, 0.3) is 0 Å². The number of rotatable bonds is 0. The van der Waals surface area contributed by atoms with Gasteiger partial charge in [-0.2, -0.15) is 0 Å². The lowest BCUT2D eigenvalue weighted by molar-refractivity contribution is 0.340. The highest BCUT2D eigenvalue weighted by Crippen LogP contribution is 2.30. The normalized spacial score (nSPS) is 39.3. The van der Waals surface area contributed by atoms with Crippen LogP contribution < -0.4 is 5.32 Å². The molecule has 1 heteroatoms. The van der Waals surface area contributed by atoms with Gasteiger partial charge in [-0.1, -0.05) is 19.3 Å². The highest BCUT2D eigenvalue weighted by atomic mass is 14.9. The van der Waals surface area contributed by atoms with E-state index in [0.29, 0.717) is 0 Å². The van der Waals surface area contributed by atoms with E-state index < -0.39 is 0 Å². The molecule has 1 saturated heterocycles. The zero-order valence-corrected chi connectivity index (χ0v) is 7.31. The van der Waals surface area contributed by atoms with Gasteiger partial charge in [-0.05, 0) is 38.1 Å². The van der Waals surface area contributed by atoms with Crippen LogP contribution in [0.5, 0.6) is 0 Å². The topological polar surface area (TPSA) is 12.0 Å². The molecule has 2 atom stereocenters. The first-order valence-electron chi connectivity index (χ1n) is 5.20. The van der Waals surface area contributed by atoms with Gasteiger partial charge in [-0.15, -0.1) is 0 Å². The Balaban J connectivity index is 1.89. The molecule has 2 unspecified atom stereocenters. The zero-order chi connectivity index (χ0) is 7.52. The van der Waals surface area contributed by atoms with Gasteiger partial charge in [0.15, 0.2) is 0 Å². The van der Waals surface area contributed by atoms with E-state index in [9.17, 15) is 0 Å². The van der Waals surface area contributed by atoms with Crippen molar-refractivity contribution >= 4 is 0 Å². The molecule has 2 fully saturated rings. The van der Waals surface area contributed by atoms with E-state index in [0.717, 1.165) is 12.0 Å². The Kier molecular flexibility index (Phi) is 2.47. The molecule has 1 aliphatic carbocycles. The Bertz CT molecular complexity index is 108. The molecule has 1 N–H and O–H groups in total. The molecule has 1 nitrogen and oxygen atoms in total. The van der Waals surface area contributed by atoms with E-state index in [4.69, 9.17) is 0 Å². The molecule has 11 heavy (non-hydrogen) atoms. The second kappa shape index (κ2) is 3.57. The van der Waals surface area contributed by atoms with Crippen LogP contribution in [0.1, 0.15) is 44.9 Å². The Labute approximate surface area is 69.6 Å². The van der Waals surface area contributed by atoms with Gasteiger partial charge < -0.3 is 5.32 Å². The van der Waals surface area contributed by atoms with Crippen LogP contribution in [-0.2, 0) is 0 Å². The van der Waals surface area contributed by atoms with Gasteiger partial charge in [-0.3, -0.25) is 0 Å². The standard InChI is InChI=1S/C10H19N/c1-2-5-9-6-4-7-10(9)11-8-3-1/h9-11H,1-8H2. The molecule has 0 radical (unpaired) electrons. The Morgan fingerprint density at radius 3 is 2.73 bits per heavy atom. The van der Waals surface area contributed by atoms with Gasteiger partial charge in [0.05, 0.1) is 0 Å². The van der Waals surface area contributed by atoms with Crippen LogP contribution in [0.3, 0.4) is 0 Å². The van der Waals surface area contributed by atoms with Crippen LogP contribution in [0.2, 0.25) is 0 Å². The van der Waals surface area contributed by atoms with E-state index in [1.165, 1.54) is 51.5 Å². The molecule has 1 aliphatic heterocycles. The number of nitrogens with one attached hydrogen (secondary N) is 1. The van der Waals surface area contributed by atoms with Gasteiger partial charge in [0, 0.05) is 6.04 Å². The molecule has 2 aliphatic rings. The quantitative estimate of drug-likeness (QED) is 0.563.